The van der Waals surface area contributed by atoms with Gasteiger partial charge in [-0.25, -0.2) is 0 Å². The summed E-state index contributed by atoms with van der Waals surface area (Å²) in [5.74, 6) is -0.237. The molecule has 1 aliphatic heterocycles. The van der Waals surface area contributed by atoms with E-state index >= 15 is 0 Å². The Morgan fingerprint density at radius 1 is 0.929 bits per heavy atom. The monoisotopic (exact) mass is 380 g/mol. The molecule has 1 fully saturated rings. The highest BCUT2D eigenvalue weighted by Gasteiger charge is 2.32. The summed E-state index contributed by atoms with van der Waals surface area (Å²) < 4.78 is 4.68. The zero-order chi connectivity index (χ0) is 20.1. The summed E-state index contributed by atoms with van der Waals surface area (Å²) >= 11 is 0. The SMILES string of the molecule is COC(=O)Cc1ccc(C(=O)N2C[C@@H](C)N(Cc3ccccc3)[C@@H](C)C2)cc1. The van der Waals surface area contributed by atoms with Crippen LogP contribution < -0.4 is 0 Å². The second-order valence-electron chi connectivity index (χ2n) is 7.52. The van der Waals surface area contributed by atoms with Gasteiger partial charge in [0.2, 0.25) is 0 Å². The van der Waals surface area contributed by atoms with Crippen LogP contribution in [0, 0.1) is 0 Å². The summed E-state index contributed by atoms with van der Waals surface area (Å²) in [5, 5.41) is 0. The van der Waals surface area contributed by atoms with E-state index < -0.39 is 0 Å². The Morgan fingerprint density at radius 2 is 1.54 bits per heavy atom. The van der Waals surface area contributed by atoms with E-state index in [-0.39, 0.29) is 30.4 Å². The molecule has 0 unspecified atom stereocenters. The topological polar surface area (TPSA) is 49.9 Å². The Balaban J connectivity index is 1.63. The van der Waals surface area contributed by atoms with E-state index in [2.05, 4.69) is 47.7 Å². The number of hydrogen-bond donors (Lipinski definition) is 0. The largest absolute Gasteiger partial charge is 0.469 e. The van der Waals surface area contributed by atoms with Crippen LogP contribution in [-0.2, 0) is 22.5 Å². The zero-order valence-electron chi connectivity index (χ0n) is 16.8. The highest BCUT2D eigenvalue weighted by molar-refractivity contribution is 5.94. The number of carbonyl (C=O) groups is 2. The maximum atomic E-state index is 13.0. The zero-order valence-corrected chi connectivity index (χ0v) is 16.8. The fraction of sp³-hybridized carbons (Fsp3) is 0.391. The fourth-order valence-corrected chi connectivity index (χ4v) is 3.81. The number of carbonyl (C=O) groups excluding carboxylic acids is 2. The molecule has 5 heteroatoms. The second kappa shape index (κ2) is 9.02. The molecule has 2 atom stereocenters. The molecule has 2 aromatic carbocycles. The Morgan fingerprint density at radius 3 is 2.11 bits per heavy atom. The number of amides is 1. The molecular formula is C23H28N2O3. The van der Waals surface area contributed by atoms with Gasteiger partial charge in [0.05, 0.1) is 13.5 Å². The smallest absolute Gasteiger partial charge is 0.309 e. The van der Waals surface area contributed by atoms with Crippen molar-refractivity contribution in [1.82, 2.24) is 9.80 Å². The molecule has 148 valence electrons. The third kappa shape index (κ3) is 4.78. The Labute approximate surface area is 166 Å². The molecule has 0 aromatic heterocycles. The molecular weight excluding hydrogens is 352 g/mol. The number of benzene rings is 2. The van der Waals surface area contributed by atoms with Gasteiger partial charge in [-0.2, -0.15) is 0 Å². The highest BCUT2D eigenvalue weighted by atomic mass is 16.5. The van der Waals surface area contributed by atoms with Gasteiger partial charge in [-0.1, -0.05) is 42.5 Å². The number of ether oxygens (including phenoxy) is 1. The van der Waals surface area contributed by atoms with Crippen LogP contribution in [0.3, 0.4) is 0 Å². The number of nitrogens with zero attached hydrogens (tertiary/aromatic N) is 2. The molecule has 2 aromatic rings. The average Bonchev–Trinajstić information content (AvgIpc) is 2.71. The Bertz CT molecular complexity index is 792. The van der Waals surface area contributed by atoms with Gasteiger partial charge in [0.15, 0.2) is 0 Å². The van der Waals surface area contributed by atoms with Gasteiger partial charge < -0.3 is 9.64 Å². The van der Waals surface area contributed by atoms with Crippen molar-refractivity contribution in [2.24, 2.45) is 0 Å². The first-order valence-corrected chi connectivity index (χ1v) is 9.72. The molecule has 0 saturated carbocycles. The number of methoxy groups -OCH3 is 1. The van der Waals surface area contributed by atoms with E-state index in [1.165, 1.54) is 12.7 Å². The molecule has 0 radical (unpaired) electrons. The lowest BCUT2D eigenvalue weighted by Gasteiger charge is -2.44. The second-order valence-corrected chi connectivity index (χ2v) is 7.52. The molecule has 1 aliphatic rings. The summed E-state index contributed by atoms with van der Waals surface area (Å²) in [4.78, 5) is 28.7. The van der Waals surface area contributed by atoms with E-state index in [1.54, 1.807) is 12.1 Å². The van der Waals surface area contributed by atoms with Gasteiger partial charge in [-0.15, -0.1) is 0 Å². The van der Waals surface area contributed by atoms with Crippen molar-refractivity contribution in [3.63, 3.8) is 0 Å². The van der Waals surface area contributed by atoms with Gasteiger partial charge in [0, 0.05) is 37.3 Å². The van der Waals surface area contributed by atoms with Gasteiger partial charge >= 0.3 is 5.97 Å². The first-order valence-electron chi connectivity index (χ1n) is 9.72. The average molecular weight is 380 g/mol. The molecule has 1 saturated heterocycles. The quantitative estimate of drug-likeness (QED) is 0.748. The summed E-state index contributed by atoms with van der Waals surface area (Å²) in [6.45, 7) is 6.67. The van der Waals surface area contributed by atoms with Crippen molar-refractivity contribution in [2.45, 2.75) is 38.9 Å². The molecule has 0 bridgehead atoms. The van der Waals surface area contributed by atoms with Crippen LogP contribution in [0.5, 0.6) is 0 Å². The first-order chi connectivity index (χ1) is 13.5. The predicted molar refractivity (Wildman–Crippen MR) is 109 cm³/mol. The van der Waals surface area contributed by atoms with Crippen LogP contribution in [0.15, 0.2) is 54.6 Å². The summed E-state index contributed by atoms with van der Waals surface area (Å²) in [6, 6.07) is 18.3. The van der Waals surface area contributed by atoms with Gasteiger partial charge in [-0.05, 0) is 37.1 Å². The molecule has 28 heavy (non-hydrogen) atoms. The van der Waals surface area contributed by atoms with Crippen LogP contribution in [0.1, 0.15) is 35.3 Å². The van der Waals surface area contributed by atoms with Crippen molar-refractivity contribution >= 4 is 11.9 Å². The normalized spacial score (nSPS) is 20.0. The summed E-state index contributed by atoms with van der Waals surface area (Å²) in [6.07, 6.45) is 0.219. The summed E-state index contributed by atoms with van der Waals surface area (Å²) in [5.41, 5.74) is 2.80. The number of hydrogen-bond acceptors (Lipinski definition) is 4. The maximum absolute atomic E-state index is 13.0. The number of esters is 1. The lowest BCUT2D eigenvalue weighted by molar-refractivity contribution is -0.139. The minimum absolute atomic E-state index is 0.0441. The predicted octanol–water partition coefficient (Wildman–Crippen LogP) is 3.14. The van der Waals surface area contributed by atoms with E-state index in [0.717, 1.165) is 12.1 Å². The van der Waals surface area contributed by atoms with Crippen LogP contribution in [0.25, 0.3) is 0 Å². The standard InChI is InChI=1S/C23H28N2O3/c1-17-14-24(15-18(2)25(17)16-20-7-5-4-6-8-20)23(27)21-11-9-19(10-12-21)13-22(26)28-3/h4-12,17-18H,13-16H2,1-3H3/t17-,18+. The molecule has 1 heterocycles. The minimum Gasteiger partial charge on any atom is -0.469 e. The molecule has 3 rings (SSSR count). The lowest BCUT2D eigenvalue weighted by atomic mass is 10.0. The third-order valence-electron chi connectivity index (χ3n) is 5.37. The molecule has 0 spiro atoms. The first kappa shape index (κ1) is 20.1. The van der Waals surface area contributed by atoms with Crippen molar-refractivity contribution in [2.75, 3.05) is 20.2 Å². The van der Waals surface area contributed by atoms with E-state index in [0.29, 0.717) is 18.7 Å². The van der Waals surface area contributed by atoms with E-state index in [9.17, 15) is 9.59 Å². The van der Waals surface area contributed by atoms with Gasteiger partial charge in [0.1, 0.15) is 0 Å². The Hall–Kier alpha value is -2.66. The van der Waals surface area contributed by atoms with Crippen LogP contribution in [-0.4, -0.2) is 54.0 Å². The molecule has 1 amide bonds. The lowest BCUT2D eigenvalue weighted by Crippen LogP contribution is -2.57. The van der Waals surface area contributed by atoms with Crippen molar-refractivity contribution in [3.05, 3.63) is 71.3 Å². The van der Waals surface area contributed by atoms with Crippen LogP contribution in [0.4, 0.5) is 0 Å². The van der Waals surface area contributed by atoms with Crippen molar-refractivity contribution in [1.29, 1.82) is 0 Å². The van der Waals surface area contributed by atoms with Crippen LogP contribution in [0.2, 0.25) is 0 Å². The summed E-state index contributed by atoms with van der Waals surface area (Å²) in [7, 11) is 1.38. The number of rotatable bonds is 5. The Kier molecular flexibility index (Phi) is 6.47. The van der Waals surface area contributed by atoms with Gasteiger partial charge in [-0.3, -0.25) is 14.5 Å². The van der Waals surface area contributed by atoms with Crippen molar-refractivity contribution in [3.8, 4) is 0 Å². The fourth-order valence-electron chi connectivity index (χ4n) is 3.81. The molecule has 0 aliphatic carbocycles. The molecule has 5 nitrogen and oxygen atoms in total. The highest BCUT2D eigenvalue weighted by Crippen LogP contribution is 2.21. The minimum atomic E-state index is -0.281. The third-order valence-corrected chi connectivity index (χ3v) is 5.37. The molecule has 0 N–H and O–H groups in total. The van der Waals surface area contributed by atoms with Gasteiger partial charge in [0.25, 0.3) is 5.91 Å². The van der Waals surface area contributed by atoms with Crippen LogP contribution >= 0.6 is 0 Å². The van der Waals surface area contributed by atoms with E-state index in [4.69, 9.17) is 0 Å². The van der Waals surface area contributed by atoms with E-state index in [1.807, 2.05) is 23.1 Å². The number of piperazine rings is 1. The maximum Gasteiger partial charge on any atom is 0.309 e. The van der Waals surface area contributed by atoms with Crippen molar-refractivity contribution < 1.29 is 14.3 Å².